The van der Waals surface area contributed by atoms with Gasteiger partial charge in [0.05, 0.1) is 6.42 Å². The second-order valence-electron chi connectivity index (χ2n) is 5.01. The molecule has 1 unspecified atom stereocenters. The fourth-order valence-electron chi connectivity index (χ4n) is 2.18. The Hall–Kier alpha value is -1.00. The van der Waals surface area contributed by atoms with E-state index in [0.29, 0.717) is 12.5 Å². The van der Waals surface area contributed by atoms with E-state index in [0.717, 1.165) is 30.1 Å². The van der Waals surface area contributed by atoms with Crippen molar-refractivity contribution in [2.45, 2.75) is 24.3 Å². The molecule has 0 saturated carbocycles. The lowest BCUT2D eigenvalue weighted by Gasteiger charge is -2.37. The maximum atomic E-state index is 12.2. The minimum Gasteiger partial charge on any atom is -0.340 e. The molecule has 4 heteroatoms. The predicted molar refractivity (Wildman–Crippen MR) is 76.1 cm³/mol. The molecular weight excluding hydrogens is 244 g/mol. The van der Waals surface area contributed by atoms with Gasteiger partial charge in [-0.25, -0.2) is 0 Å². The van der Waals surface area contributed by atoms with Crippen molar-refractivity contribution in [3.05, 3.63) is 29.8 Å². The number of thiol groups is 1. The Balaban J connectivity index is 1.94. The summed E-state index contributed by atoms with van der Waals surface area (Å²) >= 11 is 4.24. The minimum absolute atomic E-state index is 0.224. The maximum Gasteiger partial charge on any atom is 0.227 e. The van der Waals surface area contributed by atoms with E-state index in [1.165, 1.54) is 0 Å². The van der Waals surface area contributed by atoms with Gasteiger partial charge in [-0.3, -0.25) is 4.79 Å². The Bertz CT molecular complexity index is 418. The van der Waals surface area contributed by atoms with Gasteiger partial charge in [0, 0.05) is 30.6 Å². The molecule has 1 amide bonds. The molecule has 1 saturated heterocycles. The van der Waals surface area contributed by atoms with Crippen molar-refractivity contribution < 1.29 is 4.79 Å². The van der Waals surface area contributed by atoms with Crippen molar-refractivity contribution in [2.24, 2.45) is 0 Å². The molecule has 1 heterocycles. The number of carbonyl (C=O) groups excluding carboxylic acids is 1. The molecule has 0 spiro atoms. The monoisotopic (exact) mass is 264 g/mol. The van der Waals surface area contributed by atoms with Gasteiger partial charge in [0.15, 0.2) is 0 Å². The van der Waals surface area contributed by atoms with Gasteiger partial charge in [0.25, 0.3) is 0 Å². The van der Waals surface area contributed by atoms with Crippen LogP contribution >= 0.6 is 12.6 Å². The normalized spacial score (nSPS) is 21.1. The van der Waals surface area contributed by atoms with Crippen LogP contribution in [-0.4, -0.2) is 48.4 Å². The molecule has 0 bridgehead atoms. The fourth-order valence-corrected chi connectivity index (χ4v) is 2.32. The quantitative estimate of drug-likeness (QED) is 0.822. The van der Waals surface area contributed by atoms with Crippen molar-refractivity contribution in [3.63, 3.8) is 0 Å². The highest BCUT2D eigenvalue weighted by Gasteiger charge is 2.23. The van der Waals surface area contributed by atoms with Crippen LogP contribution in [0.2, 0.25) is 0 Å². The summed E-state index contributed by atoms with van der Waals surface area (Å²) in [7, 11) is 2.11. The zero-order valence-electron chi connectivity index (χ0n) is 11.0. The third-order valence-corrected chi connectivity index (χ3v) is 3.90. The van der Waals surface area contributed by atoms with Crippen molar-refractivity contribution >= 4 is 18.5 Å². The largest absolute Gasteiger partial charge is 0.340 e. The summed E-state index contributed by atoms with van der Waals surface area (Å²) in [4.78, 5) is 17.4. The van der Waals surface area contributed by atoms with E-state index in [9.17, 15) is 4.79 Å². The molecular formula is C14H20N2OS. The van der Waals surface area contributed by atoms with E-state index < -0.39 is 0 Å². The molecule has 1 fully saturated rings. The molecule has 0 aromatic heterocycles. The Labute approximate surface area is 114 Å². The van der Waals surface area contributed by atoms with Crippen LogP contribution in [0.4, 0.5) is 0 Å². The lowest BCUT2D eigenvalue weighted by atomic mass is 10.1. The Kier molecular flexibility index (Phi) is 4.30. The van der Waals surface area contributed by atoms with Crippen molar-refractivity contribution in [1.29, 1.82) is 0 Å². The molecule has 2 rings (SSSR count). The first-order chi connectivity index (χ1) is 8.56. The minimum atomic E-state index is 0.224. The van der Waals surface area contributed by atoms with E-state index in [-0.39, 0.29) is 5.91 Å². The molecule has 0 radical (unpaired) electrons. The van der Waals surface area contributed by atoms with E-state index >= 15 is 0 Å². The second-order valence-corrected chi connectivity index (χ2v) is 5.53. The van der Waals surface area contributed by atoms with Crippen LogP contribution < -0.4 is 0 Å². The third-order valence-electron chi connectivity index (χ3n) is 3.60. The molecule has 0 aliphatic carbocycles. The van der Waals surface area contributed by atoms with Gasteiger partial charge in [-0.1, -0.05) is 12.1 Å². The van der Waals surface area contributed by atoms with Gasteiger partial charge >= 0.3 is 0 Å². The molecule has 1 aromatic carbocycles. The third kappa shape index (κ3) is 3.27. The highest BCUT2D eigenvalue weighted by atomic mass is 32.1. The number of rotatable bonds is 2. The summed E-state index contributed by atoms with van der Waals surface area (Å²) in [5, 5.41) is 0. The van der Waals surface area contributed by atoms with Gasteiger partial charge in [-0.15, -0.1) is 12.6 Å². The number of nitrogens with zero attached hydrogens (tertiary/aromatic N) is 2. The fraction of sp³-hybridized carbons (Fsp3) is 0.500. The first-order valence-corrected chi connectivity index (χ1v) is 6.77. The zero-order valence-corrected chi connectivity index (χ0v) is 11.9. The van der Waals surface area contributed by atoms with Crippen LogP contribution in [0.5, 0.6) is 0 Å². The average molecular weight is 264 g/mol. The standard InChI is InChI=1S/C14H20N2OS/c1-11-10-16(8-7-15(11)2)14(17)9-12-3-5-13(18)6-4-12/h3-6,11,18H,7-10H2,1-2H3. The molecule has 1 aliphatic heterocycles. The molecule has 98 valence electrons. The number of hydrogen-bond donors (Lipinski definition) is 1. The number of piperazine rings is 1. The van der Waals surface area contributed by atoms with Gasteiger partial charge in [-0.2, -0.15) is 0 Å². The average Bonchev–Trinajstić information content (AvgIpc) is 2.35. The second kappa shape index (κ2) is 5.76. The van der Waals surface area contributed by atoms with Crippen LogP contribution in [0, 0.1) is 0 Å². The van der Waals surface area contributed by atoms with Crippen LogP contribution in [0.3, 0.4) is 0 Å². The molecule has 3 nitrogen and oxygen atoms in total. The number of hydrogen-bond acceptors (Lipinski definition) is 3. The summed E-state index contributed by atoms with van der Waals surface area (Å²) in [5.74, 6) is 0.224. The summed E-state index contributed by atoms with van der Waals surface area (Å²) in [5.41, 5.74) is 1.06. The van der Waals surface area contributed by atoms with E-state index in [1.54, 1.807) is 0 Å². The van der Waals surface area contributed by atoms with Gasteiger partial charge < -0.3 is 9.80 Å². The Morgan fingerprint density at radius 2 is 2.00 bits per heavy atom. The summed E-state index contributed by atoms with van der Waals surface area (Å²) in [6.45, 7) is 4.79. The molecule has 1 atom stereocenters. The molecule has 0 N–H and O–H groups in total. The highest BCUT2D eigenvalue weighted by Crippen LogP contribution is 2.12. The van der Waals surface area contributed by atoms with E-state index in [4.69, 9.17) is 0 Å². The van der Waals surface area contributed by atoms with Crippen molar-refractivity contribution in [3.8, 4) is 0 Å². The lowest BCUT2D eigenvalue weighted by molar-refractivity contribution is -0.133. The first-order valence-electron chi connectivity index (χ1n) is 6.32. The highest BCUT2D eigenvalue weighted by molar-refractivity contribution is 7.80. The number of likely N-dealkylation sites (N-methyl/N-ethyl adjacent to an activating group) is 1. The molecule has 1 aromatic rings. The topological polar surface area (TPSA) is 23.6 Å². The van der Waals surface area contributed by atoms with Crippen molar-refractivity contribution in [2.75, 3.05) is 26.7 Å². The van der Waals surface area contributed by atoms with Crippen molar-refractivity contribution in [1.82, 2.24) is 9.80 Å². The number of carbonyl (C=O) groups is 1. The van der Waals surface area contributed by atoms with Crippen LogP contribution in [-0.2, 0) is 11.2 Å². The van der Waals surface area contributed by atoms with E-state index in [2.05, 4.69) is 31.5 Å². The number of benzene rings is 1. The summed E-state index contributed by atoms with van der Waals surface area (Å²) < 4.78 is 0. The van der Waals surface area contributed by atoms with Crippen LogP contribution in [0.1, 0.15) is 12.5 Å². The Morgan fingerprint density at radius 1 is 1.33 bits per heavy atom. The summed E-state index contributed by atoms with van der Waals surface area (Å²) in [6, 6.07) is 8.25. The smallest absolute Gasteiger partial charge is 0.227 e. The van der Waals surface area contributed by atoms with Crippen LogP contribution in [0.15, 0.2) is 29.2 Å². The Morgan fingerprint density at radius 3 is 2.61 bits per heavy atom. The van der Waals surface area contributed by atoms with Crippen LogP contribution in [0.25, 0.3) is 0 Å². The first kappa shape index (κ1) is 13.4. The lowest BCUT2D eigenvalue weighted by Crippen LogP contribution is -2.52. The van der Waals surface area contributed by atoms with Gasteiger partial charge in [-0.05, 0) is 31.7 Å². The van der Waals surface area contributed by atoms with Gasteiger partial charge in [0.1, 0.15) is 0 Å². The zero-order chi connectivity index (χ0) is 13.1. The molecule has 18 heavy (non-hydrogen) atoms. The predicted octanol–water partition coefficient (Wildman–Crippen LogP) is 1.68. The summed E-state index contributed by atoms with van der Waals surface area (Å²) in [6.07, 6.45) is 0.491. The SMILES string of the molecule is CC1CN(C(=O)Cc2ccc(S)cc2)CCN1C. The maximum absolute atomic E-state index is 12.2. The molecule has 1 aliphatic rings. The number of amides is 1. The van der Waals surface area contributed by atoms with Gasteiger partial charge in [0.2, 0.25) is 5.91 Å². The van der Waals surface area contributed by atoms with E-state index in [1.807, 2.05) is 29.2 Å².